The minimum atomic E-state index is 0.0254. The third-order valence-corrected chi connectivity index (χ3v) is 2.90. The molecular formula is C14H15N7O2. The molecule has 0 atom stereocenters. The van der Waals surface area contributed by atoms with Crippen molar-refractivity contribution in [3.63, 3.8) is 0 Å². The molecule has 0 aliphatic carbocycles. The van der Waals surface area contributed by atoms with Crippen molar-refractivity contribution >= 4 is 23.0 Å². The van der Waals surface area contributed by atoms with Gasteiger partial charge < -0.3 is 21.9 Å². The number of amidine groups is 2. The lowest BCUT2D eigenvalue weighted by Crippen LogP contribution is -2.12. The average molecular weight is 313 g/mol. The first-order chi connectivity index (χ1) is 11.1. The van der Waals surface area contributed by atoms with Gasteiger partial charge in [-0.3, -0.25) is 5.43 Å². The zero-order valence-electron chi connectivity index (χ0n) is 12.0. The van der Waals surface area contributed by atoms with E-state index in [1.165, 1.54) is 0 Å². The predicted octanol–water partition coefficient (Wildman–Crippen LogP) is 1.99. The van der Waals surface area contributed by atoms with Crippen molar-refractivity contribution in [1.29, 1.82) is 0 Å². The van der Waals surface area contributed by atoms with Crippen molar-refractivity contribution in [3.8, 4) is 0 Å². The molecule has 0 unspecified atom stereocenters. The van der Waals surface area contributed by atoms with E-state index in [-0.39, 0.29) is 11.7 Å². The van der Waals surface area contributed by atoms with Crippen molar-refractivity contribution < 1.29 is 10.4 Å². The van der Waals surface area contributed by atoms with Crippen LogP contribution in [0.15, 0.2) is 69.2 Å². The number of benzene rings is 2. The summed E-state index contributed by atoms with van der Waals surface area (Å²) in [6, 6.07) is 13.5. The van der Waals surface area contributed by atoms with E-state index in [2.05, 4.69) is 26.1 Å². The Hall–Kier alpha value is -3.62. The van der Waals surface area contributed by atoms with Gasteiger partial charge in [-0.1, -0.05) is 15.5 Å². The van der Waals surface area contributed by atoms with E-state index in [0.717, 1.165) is 0 Å². The Labute approximate surface area is 131 Å². The van der Waals surface area contributed by atoms with Crippen LogP contribution in [-0.4, -0.2) is 22.1 Å². The Morgan fingerprint density at radius 2 is 1.26 bits per heavy atom. The third-order valence-electron chi connectivity index (χ3n) is 2.90. The van der Waals surface area contributed by atoms with Crippen LogP contribution >= 0.6 is 0 Å². The highest BCUT2D eigenvalue weighted by molar-refractivity contribution is 5.97. The molecule has 7 N–H and O–H groups in total. The lowest BCUT2D eigenvalue weighted by molar-refractivity contribution is 0.318. The highest BCUT2D eigenvalue weighted by Crippen LogP contribution is 2.15. The minimum absolute atomic E-state index is 0.0254. The van der Waals surface area contributed by atoms with Crippen LogP contribution in [0.4, 0.5) is 11.4 Å². The molecule has 0 aliphatic heterocycles. The summed E-state index contributed by atoms with van der Waals surface area (Å²) < 4.78 is 0. The first-order valence-corrected chi connectivity index (χ1v) is 6.46. The zero-order chi connectivity index (χ0) is 16.7. The van der Waals surface area contributed by atoms with Gasteiger partial charge in [-0.15, -0.1) is 5.11 Å². The molecule has 0 bridgehead atoms. The Kier molecular flexibility index (Phi) is 5.08. The number of hydrogen-bond donors (Lipinski definition) is 5. The summed E-state index contributed by atoms with van der Waals surface area (Å²) in [5, 5.41) is 30.8. The fraction of sp³-hybridized carbons (Fsp3) is 0. The van der Waals surface area contributed by atoms with E-state index in [1.807, 2.05) is 0 Å². The van der Waals surface area contributed by atoms with Crippen molar-refractivity contribution in [2.75, 3.05) is 5.43 Å². The topological polar surface area (TPSA) is 154 Å². The van der Waals surface area contributed by atoms with Crippen molar-refractivity contribution in [2.24, 2.45) is 32.1 Å². The van der Waals surface area contributed by atoms with E-state index in [1.54, 1.807) is 48.5 Å². The molecule has 0 amide bonds. The number of nitrogens with zero attached hydrogens (tertiary/aromatic N) is 4. The molecule has 0 saturated carbocycles. The molecule has 0 spiro atoms. The summed E-state index contributed by atoms with van der Waals surface area (Å²) in [7, 11) is 0. The molecular weight excluding hydrogens is 298 g/mol. The zero-order valence-corrected chi connectivity index (χ0v) is 12.0. The first kappa shape index (κ1) is 15.8. The molecule has 0 radical (unpaired) electrons. The van der Waals surface area contributed by atoms with Gasteiger partial charge in [0.05, 0.1) is 11.4 Å². The molecule has 0 aliphatic rings. The van der Waals surface area contributed by atoms with Crippen molar-refractivity contribution in [3.05, 3.63) is 59.7 Å². The molecule has 0 saturated heterocycles. The summed E-state index contributed by atoms with van der Waals surface area (Å²) in [5.41, 5.74) is 16.1. The van der Waals surface area contributed by atoms with Crippen LogP contribution in [0, 0.1) is 0 Å². The van der Waals surface area contributed by atoms with Crippen molar-refractivity contribution in [2.45, 2.75) is 0 Å². The quantitative estimate of drug-likeness (QED) is 0.188. The largest absolute Gasteiger partial charge is 0.409 e. The van der Waals surface area contributed by atoms with Gasteiger partial charge in [0.1, 0.15) is 0 Å². The van der Waals surface area contributed by atoms with Gasteiger partial charge in [0, 0.05) is 11.1 Å². The number of nitrogens with one attached hydrogen (secondary N) is 1. The lowest BCUT2D eigenvalue weighted by atomic mass is 10.2. The Bertz CT molecular complexity index is 737. The number of oxime groups is 2. The van der Waals surface area contributed by atoms with Gasteiger partial charge in [0.2, 0.25) is 0 Å². The minimum Gasteiger partial charge on any atom is -0.409 e. The maximum atomic E-state index is 8.58. The maximum absolute atomic E-state index is 8.58. The summed E-state index contributed by atoms with van der Waals surface area (Å²) in [5.74, 6) is 0.0568. The summed E-state index contributed by atoms with van der Waals surface area (Å²) in [4.78, 5) is 0. The molecule has 9 nitrogen and oxygen atoms in total. The molecule has 2 aromatic rings. The van der Waals surface area contributed by atoms with Crippen LogP contribution in [-0.2, 0) is 0 Å². The fourth-order valence-corrected chi connectivity index (χ4v) is 1.67. The smallest absolute Gasteiger partial charge is 0.170 e. The Balaban J connectivity index is 1.99. The van der Waals surface area contributed by atoms with Crippen LogP contribution in [0.1, 0.15) is 11.1 Å². The standard InChI is InChI=1S/C14H15N7O2/c15-13(19-22)9-1-5-11(6-2-9)17-21-18-12-7-3-10(4-8-12)14(16)20-23/h1-8,22-23H,(H2,15,19)(H2,16,20)(H,17,18). The summed E-state index contributed by atoms with van der Waals surface area (Å²) in [6.45, 7) is 0. The second-order valence-electron chi connectivity index (χ2n) is 4.41. The van der Waals surface area contributed by atoms with Crippen LogP contribution in [0.3, 0.4) is 0 Å². The molecule has 9 heteroatoms. The van der Waals surface area contributed by atoms with E-state index in [0.29, 0.717) is 22.5 Å². The van der Waals surface area contributed by atoms with Gasteiger partial charge in [-0.05, 0) is 48.5 Å². The van der Waals surface area contributed by atoms with Gasteiger partial charge in [-0.2, -0.15) is 0 Å². The molecule has 0 heterocycles. The monoisotopic (exact) mass is 313 g/mol. The van der Waals surface area contributed by atoms with E-state index < -0.39 is 0 Å². The lowest BCUT2D eigenvalue weighted by Gasteiger charge is -2.02. The molecule has 2 aromatic carbocycles. The molecule has 118 valence electrons. The van der Waals surface area contributed by atoms with Gasteiger partial charge in [-0.25, -0.2) is 0 Å². The highest BCUT2D eigenvalue weighted by atomic mass is 16.4. The summed E-state index contributed by atoms with van der Waals surface area (Å²) in [6.07, 6.45) is 0. The Morgan fingerprint density at radius 1 is 0.783 bits per heavy atom. The van der Waals surface area contributed by atoms with E-state index in [9.17, 15) is 0 Å². The second-order valence-corrected chi connectivity index (χ2v) is 4.41. The van der Waals surface area contributed by atoms with Crippen LogP contribution in [0.5, 0.6) is 0 Å². The average Bonchev–Trinajstić information content (AvgIpc) is 2.61. The normalized spacial score (nSPS) is 12.5. The van der Waals surface area contributed by atoms with Crippen molar-refractivity contribution in [1.82, 2.24) is 0 Å². The highest BCUT2D eigenvalue weighted by Gasteiger charge is 1.99. The van der Waals surface area contributed by atoms with Crippen LogP contribution in [0.25, 0.3) is 0 Å². The molecule has 0 aromatic heterocycles. The first-order valence-electron chi connectivity index (χ1n) is 6.46. The van der Waals surface area contributed by atoms with Crippen LogP contribution < -0.4 is 16.9 Å². The van der Waals surface area contributed by atoms with Crippen LogP contribution in [0.2, 0.25) is 0 Å². The third kappa shape index (κ3) is 4.17. The maximum Gasteiger partial charge on any atom is 0.170 e. The van der Waals surface area contributed by atoms with Gasteiger partial charge in [0.25, 0.3) is 0 Å². The number of anilines is 1. The Morgan fingerprint density at radius 3 is 1.74 bits per heavy atom. The summed E-state index contributed by atoms with van der Waals surface area (Å²) >= 11 is 0. The molecule has 23 heavy (non-hydrogen) atoms. The molecule has 0 fully saturated rings. The van der Waals surface area contributed by atoms with Gasteiger partial charge >= 0.3 is 0 Å². The van der Waals surface area contributed by atoms with Gasteiger partial charge in [0.15, 0.2) is 11.7 Å². The number of nitrogens with two attached hydrogens (primary N) is 2. The predicted molar refractivity (Wildman–Crippen MR) is 86.0 cm³/mol. The second kappa shape index (κ2) is 7.41. The SMILES string of the molecule is N/C(=N\O)c1ccc(/N=N/Nc2ccc(/C(N)=N/O)cc2)cc1. The van der Waals surface area contributed by atoms with E-state index in [4.69, 9.17) is 21.9 Å². The number of hydrogen-bond acceptors (Lipinski definition) is 6. The fourth-order valence-electron chi connectivity index (χ4n) is 1.67. The van der Waals surface area contributed by atoms with E-state index >= 15 is 0 Å². The number of rotatable bonds is 5. The molecule has 2 rings (SSSR count).